The molecule has 1 aromatic carbocycles. The van der Waals surface area contributed by atoms with E-state index in [4.69, 9.17) is 11.6 Å². The normalized spacial score (nSPS) is 10.7. The summed E-state index contributed by atoms with van der Waals surface area (Å²) in [5.74, 6) is -1.89. The fourth-order valence-corrected chi connectivity index (χ4v) is 1.71. The summed E-state index contributed by atoms with van der Waals surface area (Å²) in [6, 6.07) is 3.82. The molecular weight excluding hydrogens is 266 g/mol. The number of halogens is 3. The first kappa shape index (κ1) is 12.5. The van der Waals surface area contributed by atoms with Crippen molar-refractivity contribution in [2.45, 2.75) is 6.92 Å². The molecule has 0 aliphatic rings. The molecule has 0 aliphatic carbocycles. The van der Waals surface area contributed by atoms with Crippen LogP contribution in [-0.4, -0.2) is 9.55 Å². The molecule has 0 unspecified atom stereocenters. The SMILES string of the molecule is Cc1c(F)cccc1-n1c(=O)[nH]c(Cl)c(F)c1=O. The highest BCUT2D eigenvalue weighted by Gasteiger charge is 2.16. The quantitative estimate of drug-likeness (QED) is 0.805. The summed E-state index contributed by atoms with van der Waals surface area (Å²) in [5, 5.41) is -0.671. The lowest BCUT2D eigenvalue weighted by molar-refractivity contribution is 0.581. The van der Waals surface area contributed by atoms with Crippen LogP contribution in [-0.2, 0) is 0 Å². The van der Waals surface area contributed by atoms with Crippen LogP contribution in [0.25, 0.3) is 5.69 Å². The lowest BCUT2D eigenvalue weighted by Gasteiger charge is -2.08. The molecular formula is C11H7ClF2N2O2. The van der Waals surface area contributed by atoms with Gasteiger partial charge in [0.05, 0.1) is 5.69 Å². The third-order valence-corrected chi connectivity index (χ3v) is 2.74. The van der Waals surface area contributed by atoms with Gasteiger partial charge in [-0.25, -0.2) is 13.8 Å². The summed E-state index contributed by atoms with van der Waals surface area (Å²) >= 11 is 5.33. The number of benzene rings is 1. The second kappa shape index (κ2) is 4.38. The molecule has 1 heterocycles. The van der Waals surface area contributed by atoms with Crippen molar-refractivity contribution in [1.29, 1.82) is 0 Å². The summed E-state index contributed by atoms with van der Waals surface area (Å²) in [5.41, 5.74) is -2.12. The summed E-state index contributed by atoms with van der Waals surface area (Å²) in [6.07, 6.45) is 0. The van der Waals surface area contributed by atoms with Crippen LogP contribution >= 0.6 is 11.6 Å². The molecule has 0 saturated heterocycles. The minimum absolute atomic E-state index is 0.0307. The molecule has 0 radical (unpaired) electrons. The summed E-state index contributed by atoms with van der Waals surface area (Å²) in [7, 11) is 0. The molecule has 0 atom stereocenters. The van der Waals surface area contributed by atoms with Gasteiger partial charge in [0.2, 0.25) is 5.82 Å². The van der Waals surface area contributed by atoms with E-state index in [0.717, 1.165) is 0 Å². The number of H-pyrrole nitrogens is 1. The van der Waals surface area contributed by atoms with Crippen molar-refractivity contribution in [2.75, 3.05) is 0 Å². The number of aromatic nitrogens is 2. The number of aromatic amines is 1. The maximum absolute atomic E-state index is 13.4. The first-order valence-corrected chi connectivity index (χ1v) is 5.27. The first-order chi connectivity index (χ1) is 8.43. The largest absolute Gasteiger partial charge is 0.334 e. The molecule has 0 spiro atoms. The zero-order valence-corrected chi connectivity index (χ0v) is 9.89. The van der Waals surface area contributed by atoms with Crippen LogP contribution in [0.4, 0.5) is 8.78 Å². The smallest absolute Gasteiger partial charge is 0.295 e. The van der Waals surface area contributed by atoms with Gasteiger partial charge in [-0.1, -0.05) is 17.7 Å². The van der Waals surface area contributed by atoms with Gasteiger partial charge in [0, 0.05) is 5.56 Å². The lowest BCUT2D eigenvalue weighted by Crippen LogP contribution is -2.36. The van der Waals surface area contributed by atoms with Gasteiger partial charge in [-0.05, 0) is 19.1 Å². The molecule has 0 bridgehead atoms. The second-order valence-corrected chi connectivity index (χ2v) is 3.96. The van der Waals surface area contributed by atoms with E-state index in [-0.39, 0.29) is 11.3 Å². The highest BCUT2D eigenvalue weighted by Crippen LogP contribution is 2.14. The Kier molecular flexibility index (Phi) is 3.04. The Morgan fingerprint density at radius 1 is 1.28 bits per heavy atom. The molecule has 18 heavy (non-hydrogen) atoms. The third-order valence-electron chi connectivity index (χ3n) is 2.48. The highest BCUT2D eigenvalue weighted by molar-refractivity contribution is 6.29. The maximum atomic E-state index is 13.4. The van der Waals surface area contributed by atoms with E-state index in [9.17, 15) is 18.4 Å². The van der Waals surface area contributed by atoms with Crippen LogP contribution in [0.2, 0.25) is 5.15 Å². The van der Waals surface area contributed by atoms with Gasteiger partial charge in [-0.3, -0.25) is 9.78 Å². The van der Waals surface area contributed by atoms with Crippen LogP contribution in [0.15, 0.2) is 27.8 Å². The molecule has 94 valence electrons. The summed E-state index contributed by atoms with van der Waals surface area (Å²) in [6.45, 7) is 1.38. The lowest BCUT2D eigenvalue weighted by atomic mass is 10.2. The molecule has 2 aromatic rings. The van der Waals surface area contributed by atoms with Crippen molar-refractivity contribution in [3.8, 4) is 5.69 Å². The predicted octanol–water partition coefficient (Wildman–Crippen LogP) is 1.77. The van der Waals surface area contributed by atoms with Gasteiger partial charge in [-0.15, -0.1) is 0 Å². The van der Waals surface area contributed by atoms with Crippen molar-refractivity contribution in [1.82, 2.24) is 9.55 Å². The van der Waals surface area contributed by atoms with Crippen molar-refractivity contribution in [2.24, 2.45) is 0 Å². The Bertz CT molecular complexity index is 737. The Hall–Kier alpha value is -1.95. The molecule has 7 heteroatoms. The fraction of sp³-hybridized carbons (Fsp3) is 0.0909. The molecule has 0 aliphatic heterocycles. The second-order valence-electron chi connectivity index (χ2n) is 3.58. The summed E-state index contributed by atoms with van der Waals surface area (Å²) in [4.78, 5) is 25.2. The van der Waals surface area contributed by atoms with E-state index in [1.54, 1.807) is 0 Å². The Morgan fingerprint density at radius 2 is 1.94 bits per heavy atom. The highest BCUT2D eigenvalue weighted by atomic mass is 35.5. The van der Waals surface area contributed by atoms with Gasteiger partial charge in [0.25, 0.3) is 5.56 Å². The van der Waals surface area contributed by atoms with Gasteiger partial charge < -0.3 is 0 Å². The van der Waals surface area contributed by atoms with Gasteiger partial charge in [0.15, 0.2) is 5.15 Å². The van der Waals surface area contributed by atoms with E-state index in [0.29, 0.717) is 4.57 Å². The van der Waals surface area contributed by atoms with Gasteiger partial charge in [-0.2, -0.15) is 4.39 Å². The van der Waals surface area contributed by atoms with Crippen molar-refractivity contribution < 1.29 is 8.78 Å². The number of hydrogen-bond donors (Lipinski definition) is 1. The molecule has 0 saturated carbocycles. The molecule has 2 rings (SSSR count). The number of nitrogens with zero attached hydrogens (tertiary/aromatic N) is 1. The van der Waals surface area contributed by atoms with Crippen LogP contribution in [0.5, 0.6) is 0 Å². The van der Waals surface area contributed by atoms with Crippen molar-refractivity contribution in [3.05, 3.63) is 61.4 Å². The minimum atomic E-state index is -1.29. The topological polar surface area (TPSA) is 54.9 Å². The summed E-state index contributed by atoms with van der Waals surface area (Å²) < 4.78 is 27.2. The maximum Gasteiger partial charge on any atom is 0.334 e. The molecule has 4 nitrogen and oxygen atoms in total. The van der Waals surface area contributed by atoms with Crippen LogP contribution < -0.4 is 11.2 Å². The fourth-order valence-electron chi connectivity index (χ4n) is 1.55. The zero-order valence-electron chi connectivity index (χ0n) is 9.13. The first-order valence-electron chi connectivity index (χ1n) is 4.89. The Morgan fingerprint density at radius 3 is 2.61 bits per heavy atom. The molecule has 0 amide bonds. The van der Waals surface area contributed by atoms with E-state index in [2.05, 4.69) is 0 Å². The zero-order chi connectivity index (χ0) is 13.4. The predicted molar refractivity (Wildman–Crippen MR) is 62.3 cm³/mol. The van der Waals surface area contributed by atoms with Crippen LogP contribution in [0.1, 0.15) is 5.56 Å². The molecule has 0 fully saturated rings. The Labute approximate surface area is 104 Å². The number of hydrogen-bond acceptors (Lipinski definition) is 2. The number of nitrogens with one attached hydrogen (secondary N) is 1. The van der Waals surface area contributed by atoms with Crippen molar-refractivity contribution >= 4 is 11.6 Å². The van der Waals surface area contributed by atoms with E-state index < -0.39 is 28.0 Å². The van der Waals surface area contributed by atoms with Gasteiger partial charge in [0.1, 0.15) is 5.82 Å². The van der Waals surface area contributed by atoms with E-state index >= 15 is 0 Å². The van der Waals surface area contributed by atoms with Gasteiger partial charge >= 0.3 is 5.69 Å². The standard InChI is InChI=1S/C11H7ClF2N2O2/c1-5-6(13)3-2-4-7(5)16-10(17)8(14)9(12)15-11(16)18/h2-4H,1H3,(H,15,18). The average Bonchev–Trinajstić information content (AvgIpc) is 2.32. The molecule has 1 N–H and O–H groups in total. The van der Waals surface area contributed by atoms with Crippen LogP contribution in [0, 0.1) is 18.6 Å². The monoisotopic (exact) mass is 272 g/mol. The molecule has 1 aromatic heterocycles. The number of rotatable bonds is 1. The Balaban J connectivity index is 2.89. The van der Waals surface area contributed by atoms with Crippen molar-refractivity contribution in [3.63, 3.8) is 0 Å². The average molecular weight is 273 g/mol. The minimum Gasteiger partial charge on any atom is -0.295 e. The van der Waals surface area contributed by atoms with Crippen LogP contribution in [0.3, 0.4) is 0 Å². The van der Waals surface area contributed by atoms with E-state index in [1.165, 1.54) is 25.1 Å². The third kappa shape index (κ3) is 1.84. The van der Waals surface area contributed by atoms with E-state index in [1.807, 2.05) is 4.98 Å².